The molecule has 4 N–H and O–H groups in total. The zero-order chi connectivity index (χ0) is 14.5. The summed E-state index contributed by atoms with van der Waals surface area (Å²) in [5.41, 5.74) is 11.2. The minimum absolute atomic E-state index is 0.264. The summed E-state index contributed by atoms with van der Waals surface area (Å²) < 4.78 is 9.85. The standard InChI is InChI=1S/C14H12N2O4/c15-13(17)19-11-7-3-1-5-9(11)10-6-2-4-8-12(10)20-14(16)18/h1-8H,(H2,15,17)(H2,16,18). The average Bonchev–Trinajstić information content (AvgIpc) is 2.39. The average molecular weight is 272 g/mol. The highest BCUT2D eigenvalue weighted by Crippen LogP contribution is 2.36. The number of hydrogen-bond acceptors (Lipinski definition) is 4. The normalized spacial score (nSPS) is 9.80. The largest absolute Gasteiger partial charge is 0.410 e. The number of hydrogen-bond donors (Lipinski definition) is 2. The summed E-state index contributed by atoms with van der Waals surface area (Å²) >= 11 is 0. The zero-order valence-electron chi connectivity index (χ0n) is 10.4. The first kappa shape index (κ1) is 13.4. The van der Waals surface area contributed by atoms with Crippen molar-refractivity contribution in [2.24, 2.45) is 11.5 Å². The molecule has 2 aromatic rings. The van der Waals surface area contributed by atoms with E-state index in [1.807, 2.05) is 0 Å². The Bertz CT molecular complexity index is 598. The van der Waals surface area contributed by atoms with E-state index < -0.39 is 12.2 Å². The van der Waals surface area contributed by atoms with E-state index in [4.69, 9.17) is 20.9 Å². The quantitative estimate of drug-likeness (QED) is 0.893. The van der Waals surface area contributed by atoms with Crippen LogP contribution in [-0.4, -0.2) is 12.2 Å². The Hall–Kier alpha value is -3.02. The SMILES string of the molecule is NC(=O)Oc1ccccc1-c1ccccc1OC(N)=O. The number of rotatable bonds is 3. The van der Waals surface area contributed by atoms with Crippen LogP contribution in [0.25, 0.3) is 11.1 Å². The third-order valence-electron chi connectivity index (χ3n) is 2.49. The van der Waals surface area contributed by atoms with E-state index in [0.717, 1.165) is 0 Å². The third kappa shape index (κ3) is 3.05. The van der Waals surface area contributed by atoms with Crippen molar-refractivity contribution in [1.82, 2.24) is 0 Å². The Kier molecular flexibility index (Phi) is 3.85. The Morgan fingerprint density at radius 3 is 1.40 bits per heavy atom. The van der Waals surface area contributed by atoms with Gasteiger partial charge in [-0.2, -0.15) is 0 Å². The van der Waals surface area contributed by atoms with Gasteiger partial charge in [0.05, 0.1) is 0 Å². The topological polar surface area (TPSA) is 105 Å². The van der Waals surface area contributed by atoms with Crippen LogP contribution in [0.3, 0.4) is 0 Å². The van der Waals surface area contributed by atoms with Gasteiger partial charge in [0.2, 0.25) is 0 Å². The van der Waals surface area contributed by atoms with Crippen LogP contribution in [0.4, 0.5) is 9.59 Å². The van der Waals surface area contributed by atoms with Crippen LogP contribution in [0.2, 0.25) is 0 Å². The highest BCUT2D eigenvalue weighted by atomic mass is 16.6. The van der Waals surface area contributed by atoms with Crippen LogP contribution in [0.5, 0.6) is 11.5 Å². The van der Waals surface area contributed by atoms with Crippen LogP contribution in [0.15, 0.2) is 48.5 Å². The number of para-hydroxylation sites is 2. The predicted octanol–water partition coefficient (Wildman–Crippen LogP) is 2.27. The van der Waals surface area contributed by atoms with E-state index in [0.29, 0.717) is 11.1 Å². The minimum Gasteiger partial charge on any atom is -0.410 e. The van der Waals surface area contributed by atoms with Gasteiger partial charge in [-0.05, 0) is 12.1 Å². The molecule has 2 aromatic carbocycles. The summed E-state index contributed by atoms with van der Waals surface area (Å²) in [7, 11) is 0. The predicted molar refractivity (Wildman–Crippen MR) is 72.3 cm³/mol. The Balaban J connectivity index is 2.51. The Morgan fingerprint density at radius 1 is 0.700 bits per heavy atom. The molecular weight excluding hydrogens is 260 g/mol. The van der Waals surface area contributed by atoms with Gasteiger partial charge >= 0.3 is 12.2 Å². The number of ether oxygens (including phenoxy) is 2. The number of nitrogens with two attached hydrogens (primary N) is 2. The molecule has 6 nitrogen and oxygen atoms in total. The molecule has 0 bridgehead atoms. The first-order chi connectivity index (χ1) is 9.58. The van der Waals surface area contributed by atoms with E-state index in [-0.39, 0.29) is 11.5 Å². The van der Waals surface area contributed by atoms with Crippen molar-refractivity contribution >= 4 is 12.2 Å². The van der Waals surface area contributed by atoms with Crippen LogP contribution in [-0.2, 0) is 0 Å². The molecule has 0 aliphatic heterocycles. The molecule has 0 aromatic heterocycles. The molecule has 20 heavy (non-hydrogen) atoms. The number of carbonyl (C=O) groups excluding carboxylic acids is 2. The van der Waals surface area contributed by atoms with Gasteiger partial charge < -0.3 is 20.9 Å². The zero-order valence-corrected chi connectivity index (χ0v) is 10.4. The molecule has 102 valence electrons. The van der Waals surface area contributed by atoms with E-state index >= 15 is 0 Å². The van der Waals surface area contributed by atoms with Crippen molar-refractivity contribution in [3.05, 3.63) is 48.5 Å². The van der Waals surface area contributed by atoms with Crippen LogP contribution in [0, 0.1) is 0 Å². The van der Waals surface area contributed by atoms with E-state index in [1.165, 1.54) is 0 Å². The summed E-state index contributed by atoms with van der Waals surface area (Å²) in [6.45, 7) is 0. The van der Waals surface area contributed by atoms with Gasteiger partial charge in [0.25, 0.3) is 0 Å². The number of carbonyl (C=O) groups is 2. The first-order valence-corrected chi connectivity index (χ1v) is 5.71. The molecule has 0 atom stereocenters. The maximum Gasteiger partial charge on any atom is 0.409 e. The number of primary amides is 2. The van der Waals surface area contributed by atoms with Crippen LogP contribution in [0.1, 0.15) is 0 Å². The molecule has 0 aliphatic carbocycles. The van der Waals surface area contributed by atoms with Crippen molar-refractivity contribution in [1.29, 1.82) is 0 Å². The number of benzene rings is 2. The van der Waals surface area contributed by atoms with Crippen LogP contribution < -0.4 is 20.9 Å². The van der Waals surface area contributed by atoms with Gasteiger partial charge in [-0.15, -0.1) is 0 Å². The summed E-state index contributed by atoms with van der Waals surface area (Å²) in [4.78, 5) is 21.8. The molecule has 0 unspecified atom stereocenters. The second-order valence-corrected chi connectivity index (χ2v) is 3.83. The molecular formula is C14H12N2O4. The fraction of sp³-hybridized carbons (Fsp3) is 0. The van der Waals surface area contributed by atoms with E-state index in [2.05, 4.69) is 0 Å². The monoisotopic (exact) mass is 272 g/mol. The van der Waals surface area contributed by atoms with Gasteiger partial charge in [0, 0.05) is 11.1 Å². The summed E-state index contributed by atoms with van der Waals surface area (Å²) in [5, 5.41) is 0. The molecule has 0 saturated heterocycles. The molecule has 6 heteroatoms. The fourth-order valence-electron chi connectivity index (χ4n) is 1.77. The minimum atomic E-state index is -0.925. The van der Waals surface area contributed by atoms with Crippen molar-refractivity contribution in [2.45, 2.75) is 0 Å². The maximum atomic E-state index is 10.9. The Labute approximate surface area is 114 Å². The number of amides is 2. The van der Waals surface area contributed by atoms with Gasteiger partial charge in [-0.1, -0.05) is 36.4 Å². The van der Waals surface area contributed by atoms with Crippen molar-refractivity contribution < 1.29 is 19.1 Å². The smallest absolute Gasteiger partial charge is 0.409 e. The highest BCUT2D eigenvalue weighted by molar-refractivity contribution is 5.81. The lowest BCUT2D eigenvalue weighted by Crippen LogP contribution is -2.17. The van der Waals surface area contributed by atoms with Gasteiger partial charge in [-0.25, -0.2) is 9.59 Å². The molecule has 2 rings (SSSR count). The summed E-state index contributed by atoms with van der Waals surface area (Å²) in [6, 6.07) is 13.5. The van der Waals surface area contributed by atoms with Crippen LogP contribution >= 0.6 is 0 Å². The Morgan fingerprint density at radius 2 is 1.05 bits per heavy atom. The highest BCUT2D eigenvalue weighted by Gasteiger charge is 2.13. The fourth-order valence-corrected chi connectivity index (χ4v) is 1.77. The maximum absolute atomic E-state index is 10.9. The second kappa shape index (κ2) is 5.75. The molecule has 2 amide bonds. The molecule has 0 heterocycles. The van der Waals surface area contributed by atoms with Crippen molar-refractivity contribution in [3.63, 3.8) is 0 Å². The lowest BCUT2D eigenvalue weighted by atomic mass is 10.0. The lowest BCUT2D eigenvalue weighted by molar-refractivity contribution is 0.209. The molecule has 0 aliphatic rings. The van der Waals surface area contributed by atoms with Crippen molar-refractivity contribution in [3.8, 4) is 22.6 Å². The second-order valence-electron chi connectivity index (χ2n) is 3.83. The summed E-state index contributed by atoms with van der Waals surface area (Å²) in [5.74, 6) is 0.529. The third-order valence-corrected chi connectivity index (χ3v) is 2.49. The van der Waals surface area contributed by atoms with E-state index in [1.54, 1.807) is 48.5 Å². The molecule has 0 saturated carbocycles. The van der Waals surface area contributed by atoms with Gasteiger partial charge in [-0.3, -0.25) is 0 Å². The summed E-state index contributed by atoms with van der Waals surface area (Å²) in [6.07, 6.45) is -1.85. The van der Waals surface area contributed by atoms with Crippen molar-refractivity contribution in [2.75, 3.05) is 0 Å². The van der Waals surface area contributed by atoms with E-state index in [9.17, 15) is 9.59 Å². The van der Waals surface area contributed by atoms with Gasteiger partial charge in [0.1, 0.15) is 11.5 Å². The van der Waals surface area contributed by atoms with Gasteiger partial charge in [0.15, 0.2) is 0 Å². The lowest BCUT2D eigenvalue weighted by Gasteiger charge is -2.12. The first-order valence-electron chi connectivity index (χ1n) is 5.71. The molecule has 0 spiro atoms. The molecule has 0 radical (unpaired) electrons. The molecule has 0 fully saturated rings.